The van der Waals surface area contributed by atoms with E-state index in [1.54, 1.807) is 12.3 Å². The van der Waals surface area contributed by atoms with E-state index in [0.29, 0.717) is 12.1 Å². The number of hydrogen-bond donors (Lipinski definition) is 0. The van der Waals surface area contributed by atoms with Gasteiger partial charge >= 0.3 is 0 Å². The summed E-state index contributed by atoms with van der Waals surface area (Å²) in [6.07, 6.45) is 1.75. The first-order chi connectivity index (χ1) is 6.16. The Morgan fingerprint density at radius 2 is 2.45 bits per heavy atom. The third-order valence-corrected chi connectivity index (χ3v) is 1.59. The van der Waals surface area contributed by atoms with Crippen LogP contribution in [0.15, 0.2) is 36.5 Å². The van der Waals surface area contributed by atoms with E-state index in [2.05, 4.69) is 4.98 Å². The highest BCUT2D eigenvalue weighted by molar-refractivity contribution is 5.78. The van der Waals surface area contributed by atoms with Crippen molar-refractivity contribution in [3.8, 4) is 0 Å². The zero-order valence-corrected chi connectivity index (χ0v) is 6.26. The Morgan fingerprint density at radius 1 is 1.55 bits per heavy atom. The molecule has 2 rings (SSSR count). The molecule has 0 unspecified atom stereocenters. The highest BCUT2D eigenvalue weighted by Gasteiger charge is 1.90. The molecule has 0 amide bonds. The molecule has 1 heteroatoms. The number of rotatable bonds is 0. The molecule has 1 aromatic carbocycles. The van der Waals surface area contributed by atoms with Crippen molar-refractivity contribution in [3.63, 3.8) is 0 Å². The van der Waals surface area contributed by atoms with Crippen molar-refractivity contribution in [2.24, 2.45) is 0 Å². The van der Waals surface area contributed by atoms with Crippen LogP contribution in [0.5, 0.6) is 0 Å². The van der Waals surface area contributed by atoms with Gasteiger partial charge in [-0.25, -0.2) is 0 Å². The summed E-state index contributed by atoms with van der Waals surface area (Å²) in [6, 6.07) is 5.84. The predicted molar refractivity (Wildman–Crippen MR) is 46.5 cm³/mol. The van der Waals surface area contributed by atoms with Crippen molar-refractivity contribution < 1.29 is 2.74 Å². The Labute approximate surface area is 68.5 Å². The summed E-state index contributed by atoms with van der Waals surface area (Å²) >= 11 is 0. The smallest absolute Gasteiger partial charge is 0.0702 e. The summed E-state index contributed by atoms with van der Waals surface area (Å²) in [5.41, 5.74) is 1.77. The summed E-state index contributed by atoms with van der Waals surface area (Å²) < 4.78 is 15.1. The lowest BCUT2D eigenvalue weighted by Gasteiger charge is -1.95. The van der Waals surface area contributed by atoms with E-state index in [1.807, 2.05) is 13.0 Å². The van der Waals surface area contributed by atoms with Crippen molar-refractivity contribution in [2.45, 2.75) is 6.92 Å². The van der Waals surface area contributed by atoms with Crippen LogP contribution in [0.4, 0.5) is 0 Å². The average Bonchev–Trinajstić information content (AvgIpc) is 2.06. The number of aryl methyl sites for hydroxylation is 1. The molecule has 0 bridgehead atoms. The van der Waals surface area contributed by atoms with Crippen LogP contribution in [0.25, 0.3) is 10.9 Å². The molecule has 0 saturated carbocycles. The lowest BCUT2D eigenvalue weighted by molar-refractivity contribution is 1.33. The minimum atomic E-state index is 0.342. The fourth-order valence-electron chi connectivity index (χ4n) is 1.05. The average molecular weight is 145 g/mol. The lowest BCUT2D eigenvalue weighted by atomic mass is 10.2. The molecular formula is C10H9N. The third-order valence-electron chi connectivity index (χ3n) is 1.59. The first-order valence-corrected chi connectivity index (χ1v) is 3.50. The maximum absolute atomic E-state index is 7.64. The number of para-hydroxylation sites is 1. The molecule has 1 heterocycles. The maximum Gasteiger partial charge on any atom is 0.0702 e. The van der Waals surface area contributed by atoms with E-state index in [1.165, 1.54) is 6.07 Å². The topological polar surface area (TPSA) is 12.9 Å². The van der Waals surface area contributed by atoms with Gasteiger partial charge in [-0.15, -0.1) is 0 Å². The second-order valence-corrected chi connectivity index (χ2v) is 2.55. The van der Waals surface area contributed by atoms with Gasteiger partial charge in [-0.05, 0) is 24.6 Å². The molecule has 11 heavy (non-hydrogen) atoms. The van der Waals surface area contributed by atoms with Crippen LogP contribution in [0.1, 0.15) is 8.30 Å². The molecule has 0 spiro atoms. The Morgan fingerprint density at radius 3 is 3.36 bits per heavy atom. The van der Waals surface area contributed by atoms with Gasteiger partial charge in [-0.2, -0.15) is 0 Å². The molecule has 1 nitrogen and oxygen atoms in total. The van der Waals surface area contributed by atoms with Crippen LogP contribution in [0.3, 0.4) is 0 Å². The van der Waals surface area contributed by atoms with Gasteiger partial charge in [0.15, 0.2) is 0 Å². The number of nitrogens with zero attached hydrogens (tertiary/aromatic N) is 1. The van der Waals surface area contributed by atoms with Gasteiger partial charge in [0.2, 0.25) is 0 Å². The SMILES string of the molecule is [2H]c1cc([2H])c2cc(C)cnc2c1. The highest BCUT2D eigenvalue weighted by Crippen LogP contribution is 2.11. The third kappa shape index (κ3) is 1.09. The van der Waals surface area contributed by atoms with Crippen LogP contribution in [0, 0.1) is 6.92 Å². The van der Waals surface area contributed by atoms with E-state index < -0.39 is 0 Å². The van der Waals surface area contributed by atoms with Gasteiger partial charge in [-0.3, -0.25) is 4.98 Å². The first-order valence-electron chi connectivity index (χ1n) is 4.50. The van der Waals surface area contributed by atoms with E-state index >= 15 is 0 Å². The molecule has 0 N–H and O–H groups in total. The maximum atomic E-state index is 7.64. The number of benzene rings is 1. The van der Waals surface area contributed by atoms with Crippen LogP contribution < -0.4 is 0 Å². The van der Waals surface area contributed by atoms with Gasteiger partial charge in [0, 0.05) is 11.6 Å². The summed E-state index contributed by atoms with van der Waals surface area (Å²) in [7, 11) is 0. The van der Waals surface area contributed by atoms with Crippen molar-refractivity contribution in [3.05, 3.63) is 42.0 Å². The minimum absolute atomic E-state index is 0.342. The fraction of sp³-hybridized carbons (Fsp3) is 0.100. The van der Waals surface area contributed by atoms with E-state index in [4.69, 9.17) is 2.74 Å². The van der Waals surface area contributed by atoms with Gasteiger partial charge in [-0.1, -0.05) is 18.2 Å². The second-order valence-electron chi connectivity index (χ2n) is 2.55. The van der Waals surface area contributed by atoms with E-state index in [0.717, 1.165) is 16.5 Å². The first kappa shape index (κ1) is 4.50. The molecule has 0 aliphatic heterocycles. The van der Waals surface area contributed by atoms with Crippen LogP contribution in [0.2, 0.25) is 0 Å². The fourth-order valence-corrected chi connectivity index (χ4v) is 1.05. The van der Waals surface area contributed by atoms with Crippen LogP contribution in [-0.2, 0) is 0 Å². The number of fused-ring (bicyclic) bond motifs is 1. The zero-order valence-electron chi connectivity index (χ0n) is 8.26. The van der Waals surface area contributed by atoms with Crippen LogP contribution >= 0.6 is 0 Å². The standard InChI is InChI=1S/C10H9N/c1-8-6-9-4-2-3-5-10(9)11-7-8/h2-7H,1H3/i3D,4D. The second kappa shape index (κ2) is 2.35. The van der Waals surface area contributed by atoms with Crippen molar-refractivity contribution >= 4 is 10.9 Å². The molecular weight excluding hydrogens is 134 g/mol. The summed E-state index contributed by atoms with van der Waals surface area (Å²) in [5, 5.41) is 0.816. The predicted octanol–water partition coefficient (Wildman–Crippen LogP) is 2.54. The quantitative estimate of drug-likeness (QED) is 0.555. The normalized spacial score (nSPS) is 12.8. The molecule has 54 valence electrons. The monoisotopic (exact) mass is 145 g/mol. The summed E-state index contributed by atoms with van der Waals surface area (Å²) in [6.45, 7) is 1.94. The van der Waals surface area contributed by atoms with Gasteiger partial charge < -0.3 is 0 Å². The molecule has 2 aromatic rings. The Hall–Kier alpha value is -1.37. The minimum Gasteiger partial charge on any atom is -0.256 e. The largest absolute Gasteiger partial charge is 0.256 e. The Kier molecular flexibility index (Phi) is 0.959. The van der Waals surface area contributed by atoms with Crippen molar-refractivity contribution in [2.75, 3.05) is 0 Å². The highest BCUT2D eigenvalue weighted by atomic mass is 14.6. The molecule has 0 aliphatic rings. The Balaban J connectivity index is 2.87. The summed E-state index contributed by atoms with van der Waals surface area (Å²) in [4.78, 5) is 4.16. The van der Waals surface area contributed by atoms with Crippen molar-refractivity contribution in [1.82, 2.24) is 4.98 Å². The zero-order chi connectivity index (χ0) is 9.42. The molecule has 0 fully saturated rings. The number of aromatic nitrogens is 1. The van der Waals surface area contributed by atoms with Crippen molar-refractivity contribution in [1.29, 1.82) is 0 Å². The van der Waals surface area contributed by atoms with Gasteiger partial charge in [0.25, 0.3) is 0 Å². The lowest BCUT2D eigenvalue weighted by Crippen LogP contribution is -1.78. The van der Waals surface area contributed by atoms with Crippen LogP contribution in [-0.4, -0.2) is 4.98 Å². The Bertz CT molecular complexity index is 466. The van der Waals surface area contributed by atoms with E-state index in [-0.39, 0.29) is 0 Å². The van der Waals surface area contributed by atoms with E-state index in [9.17, 15) is 0 Å². The summed E-state index contributed by atoms with van der Waals surface area (Å²) in [5.74, 6) is 0. The van der Waals surface area contributed by atoms with Gasteiger partial charge in [0.1, 0.15) is 0 Å². The molecule has 0 aliphatic carbocycles. The molecule has 0 radical (unpaired) electrons. The molecule has 1 aromatic heterocycles. The number of hydrogen-bond acceptors (Lipinski definition) is 1. The molecule has 0 saturated heterocycles. The van der Waals surface area contributed by atoms with Gasteiger partial charge in [0.05, 0.1) is 8.26 Å². The molecule has 0 atom stereocenters. The number of pyridine rings is 1.